The highest BCUT2D eigenvalue weighted by Gasteiger charge is 2.26. The number of nitrogens with zero attached hydrogens (tertiary/aromatic N) is 1. The van der Waals surface area contributed by atoms with Gasteiger partial charge in [-0.2, -0.15) is 17.4 Å². The van der Waals surface area contributed by atoms with Gasteiger partial charge in [0.25, 0.3) is 10.2 Å². The van der Waals surface area contributed by atoms with Crippen molar-refractivity contribution >= 4 is 16.2 Å². The van der Waals surface area contributed by atoms with Gasteiger partial charge in [0.05, 0.1) is 14.2 Å². The maximum atomic E-state index is 12.4. The predicted molar refractivity (Wildman–Crippen MR) is 90.1 cm³/mol. The van der Waals surface area contributed by atoms with E-state index in [9.17, 15) is 13.2 Å². The number of benzene rings is 1. The van der Waals surface area contributed by atoms with E-state index in [0.717, 1.165) is 12.8 Å². The lowest BCUT2D eigenvalue weighted by atomic mass is 10.0. The van der Waals surface area contributed by atoms with Crippen LogP contribution in [0, 0.1) is 5.92 Å². The molecule has 1 atom stereocenters. The van der Waals surface area contributed by atoms with Gasteiger partial charge in [-0.1, -0.05) is 13.0 Å². The van der Waals surface area contributed by atoms with E-state index in [0.29, 0.717) is 30.3 Å². The van der Waals surface area contributed by atoms with Crippen LogP contribution in [0.15, 0.2) is 18.2 Å². The molecule has 1 aromatic carbocycles. The number of hydrogen-bond acceptors (Lipinski definition) is 5. The first-order valence-electron chi connectivity index (χ1n) is 7.87. The van der Waals surface area contributed by atoms with Gasteiger partial charge >= 0.3 is 5.97 Å². The van der Waals surface area contributed by atoms with Crippen LogP contribution < -0.4 is 9.46 Å². The molecule has 24 heavy (non-hydrogen) atoms. The minimum atomic E-state index is -3.53. The van der Waals surface area contributed by atoms with Crippen molar-refractivity contribution in [2.24, 2.45) is 5.92 Å². The monoisotopic (exact) mass is 356 g/mol. The Kier molecular flexibility index (Phi) is 6.20. The van der Waals surface area contributed by atoms with E-state index in [4.69, 9.17) is 9.47 Å². The largest absolute Gasteiger partial charge is 0.496 e. The third-order valence-corrected chi connectivity index (χ3v) is 5.61. The van der Waals surface area contributed by atoms with Crippen molar-refractivity contribution in [3.63, 3.8) is 0 Å². The minimum absolute atomic E-state index is 0.0984. The molecule has 1 fully saturated rings. The van der Waals surface area contributed by atoms with Crippen molar-refractivity contribution < 1.29 is 22.7 Å². The van der Waals surface area contributed by atoms with Crippen LogP contribution >= 0.6 is 0 Å². The molecule has 1 saturated heterocycles. The highest BCUT2D eigenvalue weighted by molar-refractivity contribution is 7.87. The second kappa shape index (κ2) is 7.96. The summed E-state index contributed by atoms with van der Waals surface area (Å²) >= 11 is 0. The summed E-state index contributed by atoms with van der Waals surface area (Å²) in [6.45, 7) is 3.22. The van der Waals surface area contributed by atoms with Gasteiger partial charge in [-0.25, -0.2) is 4.79 Å². The van der Waals surface area contributed by atoms with Gasteiger partial charge in [0.1, 0.15) is 11.3 Å². The molecule has 0 bridgehead atoms. The number of carbonyl (C=O) groups is 1. The van der Waals surface area contributed by atoms with E-state index in [-0.39, 0.29) is 12.1 Å². The van der Waals surface area contributed by atoms with Crippen LogP contribution in [0.2, 0.25) is 0 Å². The van der Waals surface area contributed by atoms with Crippen LogP contribution in [0.3, 0.4) is 0 Å². The van der Waals surface area contributed by atoms with Gasteiger partial charge in [0, 0.05) is 19.6 Å². The molecule has 2 rings (SSSR count). The fraction of sp³-hybridized carbons (Fsp3) is 0.562. The fourth-order valence-corrected chi connectivity index (χ4v) is 4.12. The van der Waals surface area contributed by atoms with Crippen LogP contribution in [0.5, 0.6) is 5.75 Å². The molecule has 0 saturated carbocycles. The third kappa shape index (κ3) is 4.46. The topological polar surface area (TPSA) is 84.9 Å². The average Bonchev–Trinajstić information content (AvgIpc) is 2.59. The van der Waals surface area contributed by atoms with Gasteiger partial charge in [0.15, 0.2) is 0 Å². The van der Waals surface area contributed by atoms with Crippen LogP contribution in [0.4, 0.5) is 0 Å². The lowest BCUT2D eigenvalue weighted by Crippen LogP contribution is -2.45. The summed E-state index contributed by atoms with van der Waals surface area (Å²) < 4.78 is 38.7. The number of hydrogen-bond donors (Lipinski definition) is 1. The molecule has 0 radical (unpaired) electrons. The first-order valence-corrected chi connectivity index (χ1v) is 9.31. The first-order chi connectivity index (χ1) is 11.4. The molecule has 1 N–H and O–H groups in total. The molecular formula is C16H24N2O5S. The maximum absolute atomic E-state index is 12.4. The summed E-state index contributed by atoms with van der Waals surface area (Å²) in [5, 5.41) is 0. The van der Waals surface area contributed by atoms with Crippen molar-refractivity contribution in [1.29, 1.82) is 0 Å². The first kappa shape index (κ1) is 18.7. The Balaban J connectivity index is 2.09. The van der Waals surface area contributed by atoms with Gasteiger partial charge < -0.3 is 9.47 Å². The van der Waals surface area contributed by atoms with E-state index in [1.165, 1.54) is 18.5 Å². The predicted octanol–water partition coefficient (Wildman–Crippen LogP) is 1.55. The smallest absolute Gasteiger partial charge is 0.341 e. The molecule has 7 nitrogen and oxygen atoms in total. The van der Waals surface area contributed by atoms with E-state index < -0.39 is 16.2 Å². The maximum Gasteiger partial charge on any atom is 0.341 e. The molecule has 134 valence electrons. The molecule has 0 spiro atoms. The Bertz CT molecular complexity index is 690. The Hall–Kier alpha value is -1.64. The lowest BCUT2D eigenvalue weighted by molar-refractivity contribution is 0.0597. The summed E-state index contributed by atoms with van der Waals surface area (Å²) in [6, 6.07) is 4.91. The summed E-state index contributed by atoms with van der Waals surface area (Å²) in [4.78, 5) is 11.8. The van der Waals surface area contributed by atoms with Crippen molar-refractivity contribution in [1.82, 2.24) is 9.03 Å². The van der Waals surface area contributed by atoms with Crippen molar-refractivity contribution in [3.05, 3.63) is 29.3 Å². The number of piperidine rings is 1. The van der Waals surface area contributed by atoms with Gasteiger partial charge in [-0.15, -0.1) is 0 Å². The van der Waals surface area contributed by atoms with Gasteiger partial charge in [0.2, 0.25) is 0 Å². The summed E-state index contributed by atoms with van der Waals surface area (Å²) in [7, 11) is -0.787. The van der Waals surface area contributed by atoms with Gasteiger partial charge in [-0.05, 0) is 36.5 Å². The molecule has 1 aliphatic rings. The minimum Gasteiger partial charge on any atom is -0.496 e. The van der Waals surface area contributed by atoms with E-state index >= 15 is 0 Å². The Morgan fingerprint density at radius 1 is 1.38 bits per heavy atom. The third-order valence-electron chi connectivity index (χ3n) is 4.09. The summed E-state index contributed by atoms with van der Waals surface area (Å²) in [5.74, 6) is 0.224. The van der Waals surface area contributed by atoms with Crippen LogP contribution in [-0.2, 0) is 21.5 Å². The number of esters is 1. The molecule has 8 heteroatoms. The molecule has 0 aliphatic carbocycles. The zero-order valence-corrected chi connectivity index (χ0v) is 15.1. The number of ether oxygens (including phenoxy) is 2. The number of nitrogens with one attached hydrogen (secondary N) is 1. The summed E-state index contributed by atoms with van der Waals surface area (Å²) in [5.41, 5.74) is 0.924. The molecule has 1 heterocycles. The standard InChI is InChI=1S/C16H24N2O5S/c1-12-5-4-8-18(11-12)24(20,21)17-10-13-6-7-15(22-2)14(9-13)16(19)23-3/h6-7,9,12,17H,4-5,8,10-11H2,1-3H3/t12-/m0/s1. The van der Waals surface area contributed by atoms with Crippen molar-refractivity contribution in [2.75, 3.05) is 27.3 Å². The highest BCUT2D eigenvalue weighted by Crippen LogP contribution is 2.21. The number of methoxy groups -OCH3 is 2. The number of rotatable bonds is 6. The van der Waals surface area contributed by atoms with E-state index in [1.807, 2.05) is 6.92 Å². The van der Waals surface area contributed by atoms with Crippen LogP contribution in [0.1, 0.15) is 35.7 Å². The molecule has 1 aromatic rings. The summed E-state index contributed by atoms with van der Waals surface area (Å²) in [6.07, 6.45) is 1.92. The van der Waals surface area contributed by atoms with Crippen LogP contribution in [0.25, 0.3) is 0 Å². The van der Waals surface area contributed by atoms with Crippen molar-refractivity contribution in [3.8, 4) is 5.75 Å². The zero-order chi connectivity index (χ0) is 17.7. The van der Waals surface area contributed by atoms with E-state index in [1.54, 1.807) is 18.2 Å². The van der Waals surface area contributed by atoms with Crippen LogP contribution in [-0.4, -0.2) is 46.0 Å². The second-order valence-electron chi connectivity index (χ2n) is 5.96. The van der Waals surface area contributed by atoms with Crippen molar-refractivity contribution in [2.45, 2.75) is 26.3 Å². The quantitative estimate of drug-likeness (QED) is 0.782. The molecule has 0 aromatic heterocycles. The molecule has 0 amide bonds. The zero-order valence-electron chi connectivity index (χ0n) is 14.2. The fourth-order valence-electron chi connectivity index (χ4n) is 2.76. The molecule has 0 unspecified atom stereocenters. The van der Waals surface area contributed by atoms with Gasteiger partial charge in [-0.3, -0.25) is 0 Å². The Labute approximate surface area is 143 Å². The van der Waals surface area contributed by atoms with E-state index in [2.05, 4.69) is 4.72 Å². The Morgan fingerprint density at radius 3 is 2.75 bits per heavy atom. The normalized spacial score (nSPS) is 19.0. The molecular weight excluding hydrogens is 332 g/mol. The average molecular weight is 356 g/mol. The number of carbonyl (C=O) groups excluding carboxylic acids is 1. The second-order valence-corrected chi connectivity index (χ2v) is 7.71. The Morgan fingerprint density at radius 2 is 2.12 bits per heavy atom. The SMILES string of the molecule is COC(=O)c1cc(CNS(=O)(=O)N2CCC[C@H](C)C2)ccc1OC. The lowest BCUT2D eigenvalue weighted by Gasteiger charge is -2.30. The molecule has 1 aliphatic heterocycles. The highest BCUT2D eigenvalue weighted by atomic mass is 32.2.